The number of hydrogen-bond acceptors (Lipinski definition) is 3. The van der Waals surface area contributed by atoms with Crippen LogP contribution in [-0.2, 0) is 9.53 Å². The van der Waals surface area contributed by atoms with Gasteiger partial charge in [0.2, 0.25) is 0 Å². The van der Waals surface area contributed by atoms with Crippen molar-refractivity contribution in [3.05, 3.63) is 35.9 Å². The van der Waals surface area contributed by atoms with Gasteiger partial charge in [-0.2, -0.15) is 0 Å². The molecule has 0 N–H and O–H groups in total. The molecule has 104 valence electrons. The minimum absolute atomic E-state index is 0.0834. The summed E-state index contributed by atoms with van der Waals surface area (Å²) in [6, 6.07) is 11.1. The van der Waals surface area contributed by atoms with Gasteiger partial charge >= 0.3 is 5.97 Å². The fourth-order valence-corrected chi connectivity index (χ4v) is 2.78. The van der Waals surface area contributed by atoms with Crippen molar-refractivity contribution < 1.29 is 9.53 Å². The average Bonchev–Trinajstić information content (AvgIpc) is 2.47. The highest BCUT2D eigenvalue weighted by atomic mass is 16.5. The predicted octanol–water partition coefficient (Wildman–Crippen LogP) is 3.17. The zero-order valence-corrected chi connectivity index (χ0v) is 11.7. The Hall–Kier alpha value is -1.35. The van der Waals surface area contributed by atoms with Crippen molar-refractivity contribution >= 4 is 5.97 Å². The Morgan fingerprint density at radius 3 is 2.84 bits per heavy atom. The topological polar surface area (TPSA) is 29.5 Å². The minimum atomic E-state index is -0.0834. The van der Waals surface area contributed by atoms with Gasteiger partial charge in [0, 0.05) is 12.6 Å². The summed E-state index contributed by atoms with van der Waals surface area (Å²) in [4.78, 5) is 13.9. The van der Waals surface area contributed by atoms with Gasteiger partial charge in [-0.15, -0.1) is 0 Å². The average molecular weight is 261 g/mol. The molecule has 0 bridgehead atoms. The molecule has 0 aromatic heterocycles. The number of benzene rings is 1. The molecule has 1 atom stereocenters. The molecule has 0 aliphatic carbocycles. The molecule has 0 radical (unpaired) electrons. The molecule has 0 saturated carbocycles. The Bertz CT molecular complexity index is 391. The maximum Gasteiger partial charge on any atom is 0.307 e. The summed E-state index contributed by atoms with van der Waals surface area (Å²) in [5, 5.41) is 0. The number of esters is 1. The van der Waals surface area contributed by atoms with Crippen LogP contribution < -0.4 is 0 Å². The number of ether oxygens (including phenoxy) is 1. The van der Waals surface area contributed by atoms with Crippen molar-refractivity contribution in [2.75, 3.05) is 19.7 Å². The molecular weight excluding hydrogens is 238 g/mol. The van der Waals surface area contributed by atoms with E-state index in [4.69, 9.17) is 4.74 Å². The van der Waals surface area contributed by atoms with E-state index in [9.17, 15) is 4.79 Å². The first-order chi connectivity index (χ1) is 9.31. The summed E-state index contributed by atoms with van der Waals surface area (Å²) in [6.07, 6.45) is 4.19. The summed E-state index contributed by atoms with van der Waals surface area (Å²) in [6.45, 7) is 4.21. The lowest BCUT2D eigenvalue weighted by atomic mass is 9.95. The van der Waals surface area contributed by atoms with Crippen LogP contribution in [0.1, 0.15) is 44.2 Å². The lowest BCUT2D eigenvalue weighted by Gasteiger charge is -2.35. The summed E-state index contributed by atoms with van der Waals surface area (Å²) in [7, 11) is 0. The molecule has 1 fully saturated rings. The van der Waals surface area contributed by atoms with Crippen molar-refractivity contribution in [1.82, 2.24) is 4.90 Å². The molecular formula is C16H23NO2. The Balaban J connectivity index is 1.95. The maximum absolute atomic E-state index is 11.5. The van der Waals surface area contributed by atoms with Crippen LogP contribution in [0.25, 0.3) is 0 Å². The van der Waals surface area contributed by atoms with Gasteiger partial charge in [0.1, 0.15) is 0 Å². The highest BCUT2D eigenvalue weighted by Crippen LogP contribution is 2.30. The fourth-order valence-electron chi connectivity index (χ4n) is 2.78. The van der Waals surface area contributed by atoms with Crippen LogP contribution in [0.4, 0.5) is 0 Å². The van der Waals surface area contributed by atoms with E-state index in [2.05, 4.69) is 35.2 Å². The van der Waals surface area contributed by atoms with E-state index < -0.39 is 0 Å². The summed E-state index contributed by atoms with van der Waals surface area (Å²) in [5.74, 6) is -0.0834. The van der Waals surface area contributed by atoms with Gasteiger partial charge in [0.25, 0.3) is 0 Å². The molecule has 1 heterocycles. The van der Waals surface area contributed by atoms with Crippen LogP contribution in [0.2, 0.25) is 0 Å². The second kappa shape index (κ2) is 7.29. The normalized spacial score (nSPS) is 20.2. The molecule has 1 aliphatic rings. The third kappa shape index (κ3) is 4.06. The van der Waals surface area contributed by atoms with Gasteiger partial charge < -0.3 is 4.74 Å². The van der Waals surface area contributed by atoms with Crippen LogP contribution in [0.3, 0.4) is 0 Å². The summed E-state index contributed by atoms with van der Waals surface area (Å²) >= 11 is 0. The number of carbonyl (C=O) groups is 1. The van der Waals surface area contributed by atoms with Gasteiger partial charge in [-0.05, 0) is 31.9 Å². The largest absolute Gasteiger partial charge is 0.466 e. The Morgan fingerprint density at radius 1 is 1.32 bits per heavy atom. The smallest absolute Gasteiger partial charge is 0.307 e. The second-order valence-electron chi connectivity index (χ2n) is 5.01. The molecule has 1 aromatic rings. The molecule has 19 heavy (non-hydrogen) atoms. The fraction of sp³-hybridized carbons (Fsp3) is 0.562. The quantitative estimate of drug-likeness (QED) is 0.762. The third-order valence-electron chi connectivity index (χ3n) is 3.71. The first kappa shape index (κ1) is 14.1. The van der Waals surface area contributed by atoms with Gasteiger partial charge in [0.05, 0.1) is 13.0 Å². The van der Waals surface area contributed by atoms with E-state index >= 15 is 0 Å². The summed E-state index contributed by atoms with van der Waals surface area (Å²) < 4.78 is 5.01. The van der Waals surface area contributed by atoms with Crippen molar-refractivity contribution in [3.8, 4) is 0 Å². The number of hydrogen-bond donors (Lipinski definition) is 0. The highest BCUT2D eigenvalue weighted by molar-refractivity contribution is 5.69. The molecule has 3 heteroatoms. The molecule has 1 aliphatic heterocycles. The van der Waals surface area contributed by atoms with Gasteiger partial charge in [-0.25, -0.2) is 0 Å². The van der Waals surface area contributed by atoms with Crippen LogP contribution >= 0.6 is 0 Å². The van der Waals surface area contributed by atoms with E-state index in [0.717, 1.165) is 13.1 Å². The Labute approximate surface area is 115 Å². The Kier molecular flexibility index (Phi) is 5.40. The van der Waals surface area contributed by atoms with Crippen LogP contribution in [-0.4, -0.2) is 30.6 Å². The monoisotopic (exact) mass is 261 g/mol. The number of nitrogens with zero attached hydrogens (tertiary/aromatic N) is 1. The molecule has 1 saturated heterocycles. The van der Waals surface area contributed by atoms with Crippen molar-refractivity contribution in [2.24, 2.45) is 0 Å². The zero-order valence-electron chi connectivity index (χ0n) is 11.7. The number of rotatable bonds is 5. The van der Waals surface area contributed by atoms with Crippen LogP contribution in [0.15, 0.2) is 30.3 Å². The molecule has 0 amide bonds. The molecule has 1 aromatic carbocycles. The molecule has 1 unspecified atom stereocenters. The first-order valence-corrected chi connectivity index (χ1v) is 7.26. The highest BCUT2D eigenvalue weighted by Gasteiger charge is 2.24. The van der Waals surface area contributed by atoms with Gasteiger partial charge in [0.15, 0.2) is 0 Å². The molecule has 2 rings (SSSR count). The van der Waals surface area contributed by atoms with Gasteiger partial charge in [-0.3, -0.25) is 9.69 Å². The number of likely N-dealkylation sites (tertiary alicyclic amines) is 1. The van der Waals surface area contributed by atoms with Crippen molar-refractivity contribution in [3.63, 3.8) is 0 Å². The lowest BCUT2D eigenvalue weighted by Crippen LogP contribution is -2.35. The second-order valence-corrected chi connectivity index (χ2v) is 5.01. The maximum atomic E-state index is 11.5. The van der Waals surface area contributed by atoms with E-state index in [-0.39, 0.29) is 5.97 Å². The molecule has 3 nitrogen and oxygen atoms in total. The Morgan fingerprint density at radius 2 is 2.11 bits per heavy atom. The SMILES string of the molecule is CCOC(=O)CCN1CCCCC1c1ccccc1. The molecule has 0 spiro atoms. The standard InChI is InChI=1S/C16H23NO2/c1-2-19-16(18)11-13-17-12-7-6-10-15(17)14-8-4-3-5-9-14/h3-5,8-9,15H,2,6-7,10-13H2,1H3. The van der Waals surface area contributed by atoms with E-state index in [1.807, 2.05) is 6.92 Å². The lowest BCUT2D eigenvalue weighted by molar-refractivity contribution is -0.143. The summed E-state index contributed by atoms with van der Waals surface area (Å²) in [5.41, 5.74) is 1.37. The van der Waals surface area contributed by atoms with Crippen LogP contribution in [0.5, 0.6) is 0 Å². The predicted molar refractivity (Wildman–Crippen MR) is 75.9 cm³/mol. The number of carbonyl (C=O) groups excluding carboxylic acids is 1. The van der Waals surface area contributed by atoms with Crippen LogP contribution in [0, 0.1) is 0 Å². The third-order valence-corrected chi connectivity index (χ3v) is 3.71. The minimum Gasteiger partial charge on any atom is -0.466 e. The number of piperidine rings is 1. The van der Waals surface area contributed by atoms with Crippen molar-refractivity contribution in [1.29, 1.82) is 0 Å². The van der Waals surface area contributed by atoms with Gasteiger partial charge in [-0.1, -0.05) is 36.8 Å². The first-order valence-electron chi connectivity index (χ1n) is 7.26. The van der Waals surface area contributed by atoms with Crippen molar-refractivity contribution in [2.45, 2.75) is 38.6 Å². The van der Waals surface area contributed by atoms with E-state index in [1.165, 1.54) is 24.8 Å². The zero-order chi connectivity index (χ0) is 13.5. The van der Waals surface area contributed by atoms with E-state index in [0.29, 0.717) is 19.1 Å². The van der Waals surface area contributed by atoms with E-state index in [1.54, 1.807) is 0 Å².